The summed E-state index contributed by atoms with van der Waals surface area (Å²) in [6.45, 7) is 2.59. The molecule has 1 aromatic heterocycles. The molecular formula is C18H23N3O2S. The highest BCUT2D eigenvalue weighted by Crippen LogP contribution is 2.13. The van der Waals surface area contributed by atoms with Crippen LogP contribution < -0.4 is 5.32 Å². The molecule has 1 aliphatic rings. The topological polar surface area (TPSA) is 54.5 Å². The van der Waals surface area contributed by atoms with Crippen LogP contribution in [-0.4, -0.2) is 48.6 Å². The van der Waals surface area contributed by atoms with Crippen LogP contribution in [0.2, 0.25) is 0 Å². The van der Waals surface area contributed by atoms with Crippen molar-refractivity contribution in [2.45, 2.75) is 25.5 Å². The Balaban J connectivity index is 1.45. The molecule has 1 aromatic carbocycles. The van der Waals surface area contributed by atoms with E-state index in [0.717, 1.165) is 30.1 Å². The molecule has 3 rings (SSSR count). The number of likely N-dealkylation sites (N-methyl/N-ethyl adjacent to an activating group) is 1. The maximum absolute atomic E-state index is 12.1. The zero-order valence-corrected chi connectivity index (χ0v) is 14.7. The van der Waals surface area contributed by atoms with Gasteiger partial charge in [-0.2, -0.15) is 0 Å². The standard InChI is InChI=1S/C18H23N3O2S/c1-21-9-10-23-16(12-21)18(22)19-11-15-13-24-17(20-15)8-7-14-5-3-2-4-6-14/h2-6,13,16H,7-12H2,1H3,(H,19,22). The number of benzene rings is 1. The lowest BCUT2D eigenvalue weighted by atomic mass is 10.1. The number of carbonyl (C=O) groups is 1. The van der Waals surface area contributed by atoms with E-state index in [1.54, 1.807) is 11.3 Å². The Morgan fingerprint density at radius 3 is 3.00 bits per heavy atom. The van der Waals surface area contributed by atoms with Gasteiger partial charge in [0.05, 0.1) is 23.9 Å². The van der Waals surface area contributed by atoms with Gasteiger partial charge >= 0.3 is 0 Å². The maximum atomic E-state index is 12.1. The van der Waals surface area contributed by atoms with Gasteiger partial charge < -0.3 is 15.0 Å². The van der Waals surface area contributed by atoms with E-state index >= 15 is 0 Å². The summed E-state index contributed by atoms with van der Waals surface area (Å²) in [4.78, 5) is 18.9. The molecule has 2 aromatic rings. The molecule has 0 bridgehead atoms. The fourth-order valence-electron chi connectivity index (χ4n) is 2.67. The van der Waals surface area contributed by atoms with Gasteiger partial charge in [0.15, 0.2) is 0 Å². The minimum absolute atomic E-state index is 0.0552. The summed E-state index contributed by atoms with van der Waals surface area (Å²) in [6.07, 6.45) is 1.54. The van der Waals surface area contributed by atoms with Gasteiger partial charge in [-0.1, -0.05) is 30.3 Å². The van der Waals surface area contributed by atoms with E-state index in [1.165, 1.54) is 5.56 Å². The molecule has 0 aliphatic carbocycles. The summed E-state index contributed by atoms with van der Waals surface area (Å²) in [5.41, 5.74) is 2.24. The maximum Gasteiger partial charge on any atom is 0.250 e. The average Bonchev–Trinajstić information content (AvgIpc) is 3.07. The van der Waals surface area contributed by atoms with Gasteiger partial charge in [-0.3, -0.25) is 4.79 Å². The van der Waals surface area contributed by atoms with Crippen LogP contribution in [0.5, 0.6) is 0 Å². The van der Waals surface area contributed by atoms with Crippen molar-refractivity contribution < 1.29 is 9.53 Å². The smallest absolute Gasteiger partial charge is 0.250 e. The van der Waals surface area contributed by atoms with Gasteiger partial charge in [0.1, 0.15) is 6.10 Å². The van der Waals surface area contributed by atoms with Crippen LogP contribution in [-0.2, 0) is 28.9 Å². The number of nitrogens with zero attached hydrogens (tertiary/aromatic N) is 2. The Kier molecular flexibility index (Phi) is 5.96. The lowest BCUT2D eigenvalue weighted by molar-refractivity contribution is -0.138. The molecule has 128 valence electrons. The van der Waals surface area contributed by atoms with E-state index in [0.29, 0.717) is 19.7 Å². The number of hydrogen-bond acceptors (Lipinski definition) is 5. The summed E-state index contributed by atoms with van der Waals surface area (Å²) >= 11 is 1.65. The Bertz CT molecular complexity index is 659. The van der Waals surface area contributed by atoms with Crippen LogP contribution in [0.25, 0.3) is 0 Å². The number of thiazole rings is 1. The quantitative estimate of drug-likeness (QED) is 0.868. The number of nitrogens with one attached hydrogen (secondary N) is 1. The summed E-state index contributed by atoms with van der Waals surface area (Å²) in [5.74, 6) is -0.0552. The van der Waals surface area contributed by atoms with Gasteiger partial charge in [-0.05, 0) is 19.0 Å². The monoisotopic (exact) mass is 345 g/mol. The van der Waals surface area contributed by atoms with Gasteiger partial charge in [-0.25, -0.2) is 4.98 Å². The summed E-state index contributed by atoms with van der Waals surface area (Å²) < 4.78 is 5.52. The first kappa shape index (κ1) is 17.1. The van der Waals surface area contributed by atoms with Crippen molar-refractivity contribution in [1.82, 2.24) is 15.2 Å². The number of carbonyl (C=O) groups excluding carboxylic acids is 1. The van der Waals surface area contributed by atoms with Crippen LogP contribution in [0.3, 0.4) is 0 Å². The van der Waals surface area contributed by atoms with Crippen LogP contribution >= 0.6 is 11.3 Å². The number of aromatic nitrogens is 1. The Hall–Kier alpha value is -1.76. The fraction of sp³-hybridized carbons (Fsp3) is 0.444. The van der Waals surface area contributed by atoms with Crippen molar-refractivity contribution >= 4 is 17.2 Å². The van der Waals surface area contributed by atoms with Crippen LogP contribution in [0, 0.1) is 0 Å². The number of hydrogen-bond donors (Lipinski definition) is 1. The summed E-state index contributed by atoms with van der Waals surface area (Å²) in [5, 5.41) is 6.06. The first-order valence-corrected chi connectivity index (χ1v) is 9.14. The molecule has 1 atom stereocenters. The highest BCUT2D eigenvalue weighted by molar-refractivity contribution is 7.09. The van der Waals surface area contributed by atoms with Gasteiger partial charge in [0.2, 0.25) is 0 Å². The third-order valence-electron chi connectivity index (χ3n) is 4.08. The second kappa shape index (κ2) is 8.37. The van der Waals surface area contributed by atoms with E-state index < -0.39 is 0 Å². The zero-order valence-electron chi connectivity index (χ0n) is 13.9. The van der Waals surface area contributed by atoms with Gasteiger partial charge in [-0.15, -0.1) is 11.3 Å². The molecule has 0 spiro atoms. The molecule has 1 N–H and O–H groups in total. The van der Waals surface area contributed by atoms with E-state index in [1.807, 2.05) is 18.5 Å². The van der Waals surface area contributed by atoms with Gasteiger partial charge in [0, 0.05) is 24.9 Å². The van der Waals surface area contributed by atoms with Crippen LogP contribution in [0.15, 0.2) is 35.7 Å². The normalized spacial score (nSPS) is 18.5. The SMILES string of the molecule is CN1CCOC(C(=O)NCc2csc(CCc3ccccc3)n2)C1. The lowest BCUT2D eigenvalue weighted by Gasteiger charge is -2.28. The molecular weight excluding hydrogens is 322 g/mol. The average molecular weight is 345 g/mol. The minimum atomic E-state index is -0.375. The number of amides is 1. The van der Waals surface area contributed by atoms with Crippen LogP contribution in [0.4, 0.5) is 0 Å². The predicted molar refractivity (Wildman–Crippen MR) is 95.0 cm³/mol. The van der Waals surface area contributed by atoms with E-state index in [-0.39, 0.29) is 12.0 Å². The van der Waals surface area contributed by atoms with Crippen molar-refractivity contribution in [2.75, 3.05) is 26.7 Å². The third-order valence-corrected chi connectivity index (χ3v) is 5.03. The molecule has 1 aliphatic heterocycles. The molecule has 0 saturated carbocycles. The molecule has 1 fully saturated rings. The molecule has 1 saturated heterocycles. The summed E-state index contributed by atoms with van der Waals surface area (Å²) in [6, 6.07) is 10.4. The van der Waals surface area contributed by atoms with E-state index in [9.17, 15) is 4.79 Å². The zero-order chi connectivity index (χ0) is 16.8. The molecule has 0 radical (unpaired) electrons. The molecule has 24 heavy (non-hydrogen) atoms. The number of aryl methyl sites for hydroxylation is 2. The fourth-order valence-corrected chi connectivity index (χ4v) is 3.47. The molecule has 1 unspecified atom stereocenters. The van der Waals surface area contributed by atoms with Crippen molar-refractivity contribution in [2.24, 2.45) is 0 Å². The highest BCUT2D eigenvalue weighted by atomic mass is 32.1. The lowest BCUT2D eigenvalue weighted by Crippen LogP contribution is -2.48. The second-order valence-corrected chi connectivity index (χ2v) is 7.00. The third kappa shape index (κ3) is 4.87. The van der Waals surface area contributed by atoms with Crippen molar-refractivity contribution in [3.63, 3.8) is 0 Å². The van der Waals surface area contributed by atoms with Crippen LogP contribution in [0.1, 0.15) is 16.3 Å². The largest absolute Gasteiger partial charge is 0.366 e. The first-order valence-electron chi connectivity index (χ1n) is 8.26. The minimum Gasteiger partial charge on any atom is -0.366 e. The van der Waals surface area contributed by atoms with Crippen molar-refractivity contribution in [1.29, 1.82) is 0 Å². The number of rotatable bonds is 6. The Morgan fingerprint density at radius 2 is 2.21 bits per heavy atom. The highest BCUT2D eigenvalue weighted by Gasteiger charge is 2.24. The van der Waals surface area contributed by atoms with Crippen molar-refractivity contribution in [3.05, 3.63) is 52.0 Å². The second-order valence-electron chi connectivity index (χ2n) is 6.06. The molecule has 6 heteroatoms. The van der Waals surface area contributed by atoms with E-state index in [4.69, 9.17) is 4.74 Å². The summed E-state index contributed by atoms with van der Waals surface area (Å²) in [7, 11) is 2.00. The Labute approximate surface area is 146 Å². The first-order chi connectivity index (χ1) is 11.7. The van der Waals surface area contributed by atoms with Crippen molar-refractivity contribution in [3.8, 4) is 0 Å². The predicted octanol–water partition coefficient (Wildman–Crippen LogP) is 1.88. The molecule has 1 amide bonds. The molecule has 5 nitrogen and oxygen atoms in total. The Morgan fingerprint density at radius 1 is 1.38 bits per heavy atom. The van der Waals surface area contributed by atoms with E-state index in [2.05, 4.69) is 39.5 Å². The number of morpholine rings is 1. The van der Waals surface area contributed by atoms with Gasteiger partial charge in [0.25, 0.3) is 5.91 Å². The molecule has 2 heterocycles. The number of ether oxygens (including phenoxy) is 1.